The highest BCUT2D eigenvalue weighted by atomic mass is 35.5. The number of carbonyl (C=O) groups excluding carboxylic acids is 3. The first-order valence-corrected chi connectivity index (χ1v) is 23.8. The first-order valence-electron chi connectivity index (χ1n) is 22.3. The summed E-state index contributed by atoms with van der Waals surface area (Å²) in [6.07, 6.45) is 1.46. The number of nitrogens with zero attached hydrogens (tertiary/aromatic N) is 2. The average molecular weight is 999 g/mol. The van der Waals surface area contributed by atoms with E-state index in [0.717, 1.165) is 37.9 Å². The number of ketones is 1. The number of rotatable bonds is 12. The summed E-state index contributed by atoms with van der Waals surface area (Å²) < 4.78 is 2.60. The Morgan fingerprint density at radius 2 is 0.897 bits per heavy atom. The van der Waals surface area contributed by atoms with Crippen LogP contribution in [0.4, 0.5) is 0 Å². The Labute approximate surface area is 419 Å². The average Bonchev–Trinajstić information content (AvgIpc) is 3.25. The van der Waals surface area contributed by atoms with Gasteiger partial charge in [0.2, 0.25) is 0 Å². The van der Waals surface area contributed by atoms with E-state index in [1.807, 2.05) is 86.6 Å². The van der Waals surface area contributed by atoms with Gasteiger partial charge in [0.1, 0.15) is 0 Å². The Morgan fingerprint density at radius 1 is 0.529 bits per heavy atom. The van der Waals surface area contributed by atoms with E-state index >= 15 is 0 Å². The third-order valence-electron chi connectivity index (χ3n) is 12.3. The molecule has 0 saturated carbocycles. The van der Waals surface area contributed by atoms with Gasteiger partial charge in [-0.05, 0) is 102 Å². The molecule has 0 radical (unpaired) electrons. The molecule has 2 amide bonds. The standard InChI is InChI=1S/C28H28Cl3NO2.C27H32ClN3O3/c1-17-7-5-8-20(29)25(17)27(34)32-24(28(2,3)4)16-19-13-11-18(12-14-19)15-23(33)26-21(30)9-6-10-22(26)31;1-16-9-8-10-20(28)22(16)24(32)29-21(27(3,4)5)15-18-11-13-19(14-12-18)23-17(2)30(6)26(34)31(7)25(23)33/h5-14,24H,15-16H2,1-4H3,(H,32,34);8-14,21H,15H2,1-7H3,(H,29,32). The van der Waals surface area contributed by atoms with Crippen LogP contribution >= 0.6 is 46.4 Å². The van der Waals surface area contributed by atoms with Crippen LogP contribution in [0.15, 0.2) is 113 Å². The first kappa shape index (κ1) is 53.5. The Balaban J connectivity index is 0.000000254. The molecule has 0 aliphatic heterocycles. The van der Waals surface area contributed by atoms with E-state index in [1.54, 1.807) is 44.3 Å². The Bertz CT molecular complexity index is 2880. The van der Waals surface area contributed by atoms with Crippen LogP contribution in [0.25, 0.3) is 11.1 Å². The number of aryl methyl sites for hydroxylation is 2. The summed E-state index contributed by atoms with van der Waals surface area (Å²) >= 11 is 25.0. The summed E-state index contributed by atoms with van der Waals surface area (Å²) in [5, 5.41) is 7.93. The quantitative estimate of drug-likeness (QED) is 0.118. The third-order valence-corrected chi connectivity index (χ3v) is 13.6. The van der Waals surface area contributed by atoms with Crippen molar-refractivity contribution in [2.24, 2.45) is 24.9 Å². The number of hydrogen-bond donors (Lipinski definition) is 2. The van der Waals surface area contributed by atoms with Crippen molar-refractivity contribution in [1.29, 1.82) is 0 Å². The van der Waals surface area contributed by atoms with Crippen molar-refractivity contribution in [2.75, 3.05) is 0 Å². The fraction of sp³-hybridized carbons (Fsp3) is 0.327. The van der Waals surface area contributed by atoms with Crippen molar-refractivity contribution >= 4 is 64.0 Å². The largest absolute Gasteiger partial charge is 0.348 e. The molecule has 5 aromatic carbocycles. The number of hydrogen-bond acceptors (Lipinski definition) is 5. The fourth-order valence-corrected chi connectivity index (χ4v) is 9.06. The van der Waals surface area contributed by atoms with Crippen LogP contribution in [0.5, 0.6) is 0 Å². The van der Waals surface area contributed by atoms with Gasteiger partial charge in [0.05, 0.1) is 42.3 Å². The van der Waals surface area contributed by atoms with Gasteiger partial charge >= 0.3 is 5.69 Å². The molecular formula is C55H60Cl4N4O5. The molecule has 2 N–H and O–H groups in total. The zero-order chi connectivity index (χ0) is 50.4. The Hall–Kier alpha value is -5.45. The Morgan fingerprint density at radius 3 is 1.29 bits per heavy atom. The molecule has 2 atom stereocenters. The highest BCUT2D eigenvalue weighted by Gasteiger charge is 2.30. The van der Waals surface area contributed by atoms with Gasteiger partial charge < -0.3 is 15.2 Å². The molecule has 0 aliphatic rings. The molecule has 0 bridgehead atoms. The number of aromatic nitrogens is 2. The summed E-state index contributed by atoms with van der Waals surface area (Å²) in [5.41, 5.74) is 6.80. The molecule has 1 aromatic heterocycles. The van der Waals surface area contributed by atoms with E-state index in [4.69, 9.17) is 46.4 Å². The molecule has 0 saturated heterocycles. The van der Waals surface area contributed by atoms with Crippen molar-refractivity contribution in [3.63, 3.8) is 0 Å². The minimum Gasteiger partial charge on any atom is -0.348 e. The second-order valence-corrected chi connectivity index (χ2v) is 21.1. The van der Waals surface area contributed by atoms with Gasteiger partial charge in [-0.2, -0.15) is 0 Å². The van der Waals surface area contributed by atoms with Gasteiger partial charge in [-0.3, -0.25) is 23.7 Å². The number of carbonyl (C=O) groups is 3. The van der Waals surface area contributed by atoms with E-state index < -0.39 is 0 Å². The normalized spacial score (nSPS) is 12.4. The highest BCUT2D eigenvalue weighted by molar-refractivity contribution is 6.40. The SMILES string of the molecule is Cc1cccc(Cl)c1C(=O)NC(Cc1ccc(-c2c(C)n(C)c(=O)n(C)c2=O)cc1)C(C)(C)C.Cc1cccc(Cl)c1C(=O)NC(Cc1ccc(CC(=O)c2c(Cl)cccc2Cl)cc1)C(C)(C)C. The second-order valence-electron chi connectivity index (χ2n) is 19.4. The lowest BCUT2D eigenvalue weighted by atomic mass is 9.82. The van der Waals surface area contributed by atoms with Crippen molar-refractivity contribution in [3.05, 3.63) is 194 Å². The summed E-state index contributed by atoms with van der Waals surface area (Å²) in [4.78, 5) is 63.8. The maximum atomic E-state index is 13.1. The second kappa shape index (κ2) is 22.3. The van der Waals surface area contributed by atoms with Crippen molar-refractivity contribution in [3.8, 4) is 11.1 Å². The number of benzene rings is 5. The van der Waals surface area contributed by atoms with Gasteiger partial charge in [0.15, 0.2) is 5.78 Å². The maximum Gasteiger partial charge on any atom is 0.330 e. The minimum atomic E-state index is -0.347. The molecule has 6 rings (SSSR count). The van der Waals surface area contributed by atoms with Crippen LogP contribution in [0.2, 0.25) is 20.1 Å². The molecule has 13 heteroatoms. The van der Waals surface area contributed by atoms with Crippen molar-refractivity contribution in [2.45, 2.75) is 93.7 Å². The van der Waals surface area contributed by atoms with E-state index in [0.29, 0.717) is 60.9 Å². The molecule has 0 aliphatic carbocycles. The van der Waals surface area contributed by atoms with Crippen LogP contribution in [0.1, 0.15) is 106 Å². The number of nitrogens with one attached hydrogen (secondary N) is 2. The maximum absolute atomic E-state index is 13.1. The zero-order valence-corrected chi connectivity index (χ0v) is 43.6. The monoisotopic (exact) mass is 996 g/mol. The van der Waals surface area contributed by atoms with Crippen LogP contribution in [0, 0.1) is 31.6 Å². The smallest absolute Gasteiger partial charge is 0.330 e. The fourth-order valence-electron chi connectivity index (χ4n) is 7.84. The lowest BCUT2D eigenvalue weighted by Crippen LogP contribution is -2.45. The summed E-state index contributed by atoms with van der Waals surface area (Å²) in [6, 6.07) is 31.2. The molecule has 358 valence electrons. The predicted molar refractivity (Wildman–Crippen MR) is 279 cm³/mol. The highest BCUT2D eigenvalue weighted by Crippen LogP contribution is 2.30. The summed E-state index contributed by atoms with van der Waals surface area (Å²) in [5.74, 6) is -0.496. The van der Waals surface area contributed by atoms with Crippen molar-refractivity contribution < 1.29 is 14.4 Å². The summed E-state index contributed by atoms with van der Waals surface area (Å²) in [6.45, 7) is 18.1. The number of amides is 2. The van der Waals surface area contributed by atoms with E-state index in [9.17, 15) is 24.0 Å². The summed E-state index contributed by atoms with van der Waals surface area (Å²) in [7, 11) is 3.14. The van der Waals surface area contributed by atoms with Crippen molar-refractivity contribution in [1.82, 2.24) is 19.8 Å². The van der Waals surface area contributed by atoms with Gasteiger partial charge in [-0.15, -0.1) is 0 Å². The molecule has 9 nitrogen and oxygen atoms in total. The van der Waals surface area contributed by atoms with Crippen LogP contribution in [-0.4, -0.2) is 38.8 Å². The molecule has 0 fully saturated rings. The van der Waals surface area contributed by atoms with Gasteiger partial charge in [0.25, 0.3) is 17.4 Å². The van der Waals surface area contributed by atoms with Gasteiger partial charge in [0, 0.05) is 38.3 Å². The lowest BCUT2D eigenvalue weighted by molar-refractivity contribution is 0.0894. The predicted octanol–water partition coefficient (Wildman–Crippen LogP) is 12.2. The molecule has 1 heterocycles. The molecular weight excluding hydrogens is 938 g/mol. The molecule has 0 spiro atoms. The van der Waals surface area contributed by atoms with E-state index in [1.165, 1.54) is 11.6 Å². The lowest BCUT2D eigenvalue weighted by Gasteiger charge is -2.32. The van der Waals surface area contributed by atoms with E-state index in [2.05, 4.69) is 52.2 Å². The zero-order valence-electron chi connectivity index (χ0n) is 40.5. The molecule has 68 heavy (non-hydrogen) atoms. The number of halogens is 4. The first-order chi connectivity index (χ1) is 31.8. The number of Topliss-reactive ketones (excluding diaryl/α,β-unsaturated/α-hetero) is 1. The van der Waals surface area contributed by atoms with E-state index in [-0.39, 0.29) is 58.2 Å². The topological polar surface area (TPSA) is 119 Å². The van der Waals surface area contributed by atoms with Crippen LogP contribution in [0.3, 0.4) is 0 Å². The van der Waals surface area contributed by atoms with Crippen LogP contribution < -0.4 is 21.9 Å². The van der Waals surface area contributed by atoms with Gasteiger partial charge in [-0.25, -0.2) is 4.79 Å². The minimum absolute atomic E-state index is 0.120. The third kappa shape index (κ3) is 13.0. The van der Waals surface area contributed by atoms with Gasteiger partial charge in [-0.1, -0.05) is 167 Å². The Kier molecular flexibility index (Phi) is 17.6. The van der Waals surface area contributed by atoms with Crippen LogP contribution in [-0.2, 0) is 33.4 Å². The molecule has 2 unspecified atom stereocenters. The molecule has 6 aromatic rings.